The number of para-hydroxylation sites is 1. The van der Waals surface area contributed by atoms with Crippen molar-refractivity contribution in [2.24, 2.45) is 5.92 Å². The average molecular weight is 353 g/mol. The second-order valence-corrected chi connectivity index (χ2v) is 7.64. The number of benzene rings is 1. The van der Waals surface area contributed by atoms with Crippen LogP contribution in [-0.2, 0) is 13.0 Å². The third-order valence-electron chi connectivity index (χ3n) is 5.61. The molecular weight excluding hydrogens is 326 g/mol. The number of carbonyl (C=O) groups excluding carboxylic acids is 1. The van der Waals surface area contributed by atoms with Gasteiger partial charge in [-0.3, -0.25) is 9.89 Å². The van der Waals surface area contributed by atoms with Gasteiger partial charge in [-0.2, -0.15) is 5.10 Å². The lowest BCUT2D eigenvalue weighted by Crippen LogP contribution is -2.35. The molecule has 6 nitrogen and oxygen atoms in total. The summed E-state index contributed by atoms with van der Waals surface area (Å²) in [5.74, 6) is 0.539. The number of H-pyrrole nitrogens is 1. The molecule has 1 unspecified atom stereocenters. The molecule has 26 heavy (non-hydrogen) atoms. The van der Waals surface area contributed by atoms with Gasteiger partial charge in [-0.25, -0.2) is 0 Å². The van der Waals surface area contributed by atoms with Crippen LogP contribution in [0.1, 0.15) is 28.2 Å². The first-order valence-electron chi connectivity index (χ1n) is 9.42. The number of anilines is 1. The number of amides is 1. The predicted molar refractivity (Wildman–Crippen MR) is 102 cm³/mol. The van der Waals surface area contributed by atoms with Crippen molar-refractivity contribution >= 4 is 11.6 Å². The molecule has 2 aliphatic heterocycles. The van der Waals surface area contributed by atoms with Crippen molar-refractivity contribution in [3.8, 4) is 0 Å². The molecule has 1 aromatic carbocycles. The van der Waals surface area contributed by atoms with E-state index in [1.165, 1.54) is 5.69 Å². The molecule has 0 aliphatic carbocycles. The van der Waals surface area contributed by atoms with Crippen molar-refractivity contribution in [1.82, 2.24) is 20.0 Å². The van der Waals surface area contributed by atoms with E-state index in [2.05, 4.69) is 51.3 Å². The molecule has 0 radical (unpaired) electrons. The van der Waals surface area contributed by atoms with Gasteiger partial charge in [0.2, 0.25) is 0 Å². The summed E-state index contributed by atoms with van der Waals surface area (Å²) in [6, 6.07) is 10.5. The summed E-state index contributed by atoms with van der Waals surface area (Å²) < 4.78 is 0. The first-order chi connectivity index (χ1) is 12.6. The van der Waals surface area contributed by atoms with E-state index in [1.807, 2.05) is 18.0 Å². The van der Waals surface area contributed by atoms with Crippen LogP contribution in [-0.4, -0.2) is 66.2 Å². The number of hydrogen-bond acceptors (Lipinski definition) is 4. The van der Waals surface area contributed by atoms with E-state index in [-0.39, 0.29) is 5.91 Å². The molecule has 1 atom stereocenters. The molecule has 4 rings (SSSR count). The predicted octanol–water partition coefficient (Wildman–Crippen LogP) is 2.00. The summed E-state index contributed by atoms with van der Waals surface area (Å²) in [7, 11) is 3.99. The van der Waals surface area contributed by atoms with Gasteiger partial charge < -0.3 is 14.7 Å². The van der Waals surface area contributed by atoms with E-state index < -0.39 is 0 Å². The number of fused-ring (bicyclic) bond motifs is 1. The third kappa shape index (κ3) is 3.33. The fourth-order valence-corrected chi connectivity index (χ4v) is 4.11. The maximum Gasteiger partial charge on any atom is 0.274 e. The second kappa shape index (κ2) is 7.11. The fourth-order valence-electron chi connectivity index (χ4n) is 4.11. The van der Waals surface area contributed by atoms with Gasteiger partial charge in [0.15, 0.2) is 5.69 Å². The smallest absolute Gasteiger partial charge is 0.274 e. The van der Waals surface area contributed by atoms with Crippen LogP contribution in [0.4, 0.5) is 5.69 Å². The van der Waals surface area contributed by atoms with Crippen molar-refractivity contribution in [3.63, 3.8) is 0 Å². The number of rotatable bonds is 4. The zero-order valence-electron chi connectivity index (χ0n) is 15.6. The van der Waals surface area contributed by atoms with Crippen LogP contribution in [0.2, 0.25) is 0 Å². The van der Waals surface area contributed by atoms with Gasteiger partial charge in [-0.05, 0) is 31.5 Å². The molecular formula is C20H27N5O. The molecule has 1 aromatic heterocycles. The Bertz CT molecular complexity index is 772. The van der Waals surface area contributed by atoms with Crippen LogP contribution >= 0.6 is 0 Å². The summed E-state index contributed by atoms with van der Waals surface area (Å²) in [5, 5.41) is 7.41. The van der Waals surface area contributed by atoms with Crippen molar-refractivity contribution in [3.05, 3.63) is 47.3 Å². The van der Waals surface area contributed by atoms with Crippen LogP contribution in [0.3, 0.4) is 0 Å². The number of likely N-dealkylation sites (N-methyl/N-ethyl adjacent to an activating group) is 1. The molecule has 3 heterocycles. The first-order valence-corrected chi connectivity index (χ1v) is 9.42. The lowest BCUT2D eigenvalue weighted by atomic mass is 10.0. The molecule has 0 saturated carbocycles. The van der Waals surface area contributed by atoms with Crippen LogP contribution in [0, 0.1) is 5.92 Å². The van der Waals surface area contributed by atoms with Gasteiger partial charge in [0.1, 0.15) is 0 Å². The molecule has 2 aromatic rings. The average Bonchev–Trinajstić information content (AvgIpc) is 3.28. The van der Waals surface area contributed by atoms with E-state index in [1.54, 1.807) is 0 Å². The number of aromatic nitrogens is 2. The maximum absolute atomic E-state index is 12.9. The topological polar surface area (TPSA) is 55.5 Å². The molecule has 1 fully saturated rings. The molecule has 6 heteroatoms. The fraction of sp³-hybridized carbons (Fsp3) is 0.500. The van der Waals surface area contributed by atoms with Gasteiger partial charge >= 0.3 is 0 Å². The molecule has 138 valence electrons. The summed E-state index contributed by atoms with van der Waals surface area (Å²) in [4.78, 5) is 19.4. The Labute approximate surface area is 154 Å². The molecule has 2 aliphatic rings. The minimum Gasteiger partial charge on any atom is -0.371 e. The highest BCUT2D eigenvalue weighted by molar-refractivity contribution is 5.93. The monoisotopic (exact) mass is 353 g/mol. The minimum absolute atomic E-state index is 0.0379. The van der Waals surface area contributed by atoms with Gasteiger partial charge in [0.05, 0.1) is 0 Å². The highest BCUT2D eigenvalue weighted by Gasteiger charge is 2.29. The molecule has 0 bridgehead atoms. The van der Waals surface area contributed by atoms with E-state index >= 15 is 0 Å². The molecule has 1 saturated heterocycles. The van der Waals surface area contributed by atoms with Gasteiger partial charge in [-0.1, -0.05) is 18.2 Å². The summed E-state index contributed by atoms with van der Waals surface area (Å²) in [6.45, 7) is 4.64. The summed E-state index contributed by atoms with van der Waals surface area (Å²) in [6.07, 6.45) is 2.05. The van der Waals surface area contributed by atoms with Crippen LogP contribution < -0.4 is 4.90 Å². The highest BCUT2D eigenvalue weighted by Crippen LogP contribution is 2.25. The lowest BCUT2D eigenvalue weighted by molar-refractivity contribution is 0.0768. The van der Waals surface area contributed by atoms with E-state index in [0.717, 1.165) is 56.8 Å². The van der Waals surface area contributed by atoms with E-state index in [9.17, 15) is 4.79 Å². The minimum atomic E-state index is 0.0379. The largest absolute Gasteiger partial charge is 0.371 e. The zero-order chi connectivity index (χ0) is 18.1. The van der Waals surface area contributed by atoms with Crippen LogP contribution in [0.25, 0.3) is 0 Å². The third-order valence-corrected chi connectivity index (χ3v) is 5.61. The normalized spacial score (nSPS) is 20.2. The van der Waals surface area contributed by atoms with Crippen molar-refractivity contribution in [1.29, 1.82) is 0 Å². The number of aromatic amines is 1. The number of carbonyl (C=O) groups is 1. The van der Waals surface area contributed by atoms with Crippen molar-refractivity contribution in [2.75, 3.05) is 45.2 Å². The van der Waals surface area contributed by atoms with E-state index in [4.69, 9.17) is 0 Å². The Morgan fingerprint density at radius 3 is 2.92 bits per heavy atom. The molecule has 1 amide bonds. The Morgan fingerprint density at radius 2 is 2.12 bits per heavy atom. The number of nitrogens with one attached hydrogen (secondary N) is 1. The Kier molecular flexibility index (Phi) is 4.68. The van der Waals surface area contributed by atoms with Crippen LogP contribution in [0.15, 0.2) is 30.3 Å². The lowest BCUT2D eigenvalue weighted by Gasteiger charge is -2.24. The number of nitrogens with zero attached hydrogens (tertiary/aromatic N) is 4. The van der Waals surface area contributed by atoms with Gasteiger partial charge in [0.25, 0.3) is 5.91 Å². The SMILES string of the molecule is CN1CCc2[nH]nc(C(=O)N(C)CC3CCN(c4ccccc4)C3)c2C1. The Balaban J connectivity index is 1.39. The van der Waals surface area contributed by atoms with Gasteiger partial charge in [-0.15, -0.1) is 0 Å². The first kappa shape index (κ1) is 17.1. The zero-order valence-corrected chi connectivity index (χ0v) is 15.6. The van der Waals surface area contributed by atoms with Gasteiger partial charge in [0, 0.05) is 63.1 Å². The molecule has 0 spiro atoms. The standard InChI is InChI=1S/C20H27N5O/c1-23-10-9-18-17(14-23)19(22-21-18)20(26)24(2)12-15-8-11-25(13-15)16-6-4-3-5-7-16/h3-7,15H,8-14H2,1-2H3,(H,21,22). The maximum atomic E-state index is 12.9. The highest BCUT2D eigenvalue weighted by atomic mass is 16.2. The second-order valence-electron chi connectivity index (χ2n) is 7.64. The van der Waals surface area contributed by atoms with Crippen molar-refractivity contribution < 1.29 is 4.79 Å². The molecule has 1 N–H and O–H groups in total. The Morgan fingerprint density at radius 1 is 1.31 bits per heavy atom. The van der Waals surface area contributed by atoms with E-state index in [0.29, 0.717) is 11.6 Å². The summed E-state index contributed by atoms with van der Waals surface area (Å²) >= 11 is 0. The van der Waals surface area contributed by atoms with Crippen molar-refractivity contribution in [2.45, 2.75) is 19.4 Å². The number of hydrogen-bond donors (Lipinski definition) is 1. The van der Waals surface area contributed by atoms with Crippen LogP contribution in [0.5, 0.6) is 0 Å². The summed E-state index contributed by atoms with van der Waals surface area (Å²) in [5.41, 5.74) is 4.07. The Hall–Kier alpha value is -2.34. The quantitative estimate of drug-likeness (QED) is 0.913.